The van der Waals surface area contributed by atoms with Crippen LogP contribution in [0.25, 0.3) is 0 Å². The van der Waals surface area contributed by atoms with E-state index in [4.69, 9.17) is 14.6 Å². The molecule has 0 heterocycles. The molecule has 1 aromatic rings. The average molecular weight is 306 g/mol. The molecule has 1 fully saturated rings. The number of esters is 1. The van der Waals surface area contributed by atoms with Crippen LogP contribution in [-0.2, 0) is 9.53 Å². The van der Waals surface area contributed by atoms with Crippen LogP contribution < -0.4 is 4.74 Å². The van der Waals surface area contributed by atoms with Crippen molar-refractivity contribution >= 4 is 5.97 Å². The Labute approximate surface area is 132 Å². The molecule has 1 atom stereocenters. The normalized spacial score (nSPS) is 17.0. The first-order chi connectivity index (χ1) is 10.7. The summed E-state index contributed by atoms with van der Waals surface area (Å²) in [6, 6.07) is 6.20. The van der Waals surface area contributed by atoms with Crippen molar-refractivity contribution in [2.75, 3.05) is 13.7 Å². The molecule has 0 bridgehead atoms. The lowest BCUT2D eigenvalue weighted by Gasteiger charge is -2.26. The van der Waals surface area contributed by atoms with E-state index in [0.717, 1.165) is 11.3 Å². The Morgan fingerprint density at radius 3 is 2.68 bits per heavy atom. The topological polar surface area (TPSA) is 55.8 Å². The van der Waals surface area contributed by atoms with E-state index in [1.54, 1.807) is 0 Å². The van der Waals surface area contributed by atoms with Gasteiger partial charge in [-0.1, -0.05) is 31.4 Å². The largest absolute Gasteiger partial charge is 0.478 e. The van der Waals surface area contributed by atoms with Crippen molar-refractivity contribution in [3.8, 4) is 5.75 Å². The summed E-state index contributed by atoms with van der Waals surface area (Å²) in [6.07, 6.45) is 5.62. The van der Waals surface area contributed by atoms with E-state index in [2.05, 4.69) is 12.1 Å². The number of benzene rings is 1. The number of aliphatic hydroxyl groups is 1. The van der Waals surface area contributed by atoms with Crippen molar-refractivity contribution < 1.29 is 19.4 Å². The van der Waals surface area contributed by atoms with Crippen molar-refractivity contribution in [3.05, 3.63) is 29.3 Å². The first-order valence-electron chi connectivity index (χ1n) is 8.11. The summed E-state index contributed by atoms with van der Waals surface area (Å²) < 4.78 is 10.7. The van der Waals surface area contributed by atoms with Gasteiger partial charge in [0.25, 0.3) is 0 Å². The number of hydrogen-bond donors (Lipinski definition) is 1. The molecule has 1 saturated carbocycles. The fraction of sp³-hybridized carbons (Fsp3) is 0.611. The van der Waals surface area contributed by atoms with Crippen molar-refractivity contribution in [1.29, 1.82) is 0 Å². The Bertz CT molecular complexity index is 492. The molecule has 1 unspecified atom stereocenters. The zero-order valence-electron chi connectivity index (χ0n) is 13.5. The Hall–Kier alpha value is -1.55. The minimum Gasteiger partial charge on any atom is -0.478 e. The summed E-state index contributed by atoms with van der Waals surface area (Å²) in [5, 5.41) is 9.14. The molecular formula is C18H26O4. The maximum absolute atomic E-state index is 11.8. The van der Waals surface area contributed by atoms with Crippen LogP contribution in [-0.4, -0.2) is 30.9 Å². The number of methoxy groups -OCH3 is 1. The summed E-state index contributed by atoms with van der Waals surface area (Å²) >= 11 is 0. The van der Waals surface area contributed by atoms with Crippen molar-refractivity contribution in [2.24, 2.45) is 0 Å². The van der Waals surface area contributed by atoms with Gasteiger partial charge in [0.15, 0.2) is 6.10 Å². The van der Waals surface area contributed by atoms with Crippen LogP contribution in [0.15, 0.2) is 18.2 Å². The Balaban J connectivity index is 2.23. The SMILES string of the molecule is COC(=O)C(CCO)Oc1cc(C)ccc1C1CCCCC1. The quantitative estimate of drug-likeness (QED) is 0.819. The first kappa shape index (κ1) is 16.8. The fourth-order valence-electron chi connectivity index (χ4n) is 3.12. The summed E-state index contributed by atoms with van der Waals surface area (Å²) in [5.74, 6) is 0.817. The van der Waals surface area contributed by atoms with E-state index in [0.29, 0.717) is 5.92 Å². The molecule has 1 aliphatic carbocycles. The highest BCUT2D eigenvalue weighted by atomic mass is 16.6. The number of carbonyl (C=O) groups excluding carboxylic acids is 1. The Kier molecular flexibility index (Phi) is 6.25. The number of ether oxygens (including phenoxy) is 2. The third-order valence-electron chi connectivity index (χ3n) is 4.34. The predicted octanol–water partition coefficient (Wildman–Crippen LogP) is 3.35. The molecule has 0 aliphatic heterocycles. The Morgan fingerprint density at radius 1 is 1.32 bits per heavy atom. The number of aliphatic hydroxyl groups excluding tert-OH is 1. The smallest absolute Gasteiger partial charge is 0.347 e. The van der Waals surface area contributed by atoms with Crippen LogP contribution in [0.2, 0.25) is 0 Å². The summed E-state index contributed by atoms with van der Waals surface area (Å²) in [4.78, 5) is 11.8. The van der Waals surface area contributed by atoms with Gasteiger partial charge in [-0.25, -0.2) is 4.79 Å². The van der Waals surface area contributed by atoms with Crippen molar-refractivity contribution in [1.82, 2.24) is 0 Å². The van der Waals surface area contributed by atoms with Crippen molar-refractivity contribution in [2.45, 2.75) is 57.5 Å². The van der Waals surface area contributed by atoms with Gasteiger partial charge in [0, 0.05) is 13.0 Å². The monoisotopic (exact) mass is 306 g/mol. The molecule has 22 heavy (non-hydrogen) atoms. The highest BCUT2D eigenvalue weighted by molar-refractivity contribution is 5.75. The number of aryl methyl sites for hydroxylation is 1. The lowest BCUT2D eigenvalue weighted by Crippen LogP contribution is -2.30. The fourth-order valence-corrected chi connectivity index (χ4v) is 3.12. The van der Waals surface area contributed by atoms with E-state index in [9.17, 15) is 4.79 Å². The maximum atomic E-state index is 11.8. The number of rotatable bonds is 6. The Morgan fingerprint density at radius 2 is 2.05 bits per heavy atom. The zero-order valence-corrected chi connectivity index (χ0v) is 13.5. The molecule has 4 nitrogen and oxygen atoms in total. The van der Waals surface area contributed by atoms with E-state index in [1.165, 1.54) is 44.8 Å². The summed E-state index contributed by atoms with van der Waals surface area (Å²) in [6.45, 7) is 1.90. The maximum Gasteiger partial charge on any atom is 0.347 e. The van der Waals surface area contributed by atoms with Crippen molar-refractivity contribution in [3.63, 3.8) is 0 Å². The van der Waals surface area contributed by atoms with Gasteiger partial charge < -0.3 is 14.6 Å². The molecule has 122 valence electrons. The van der Waals surface area contributed by atoms with Gasteiger partial charge in [-0.15, -0.1) is 0 Å². The van der Waals surface area contributed by atoms with Gasteiger partial charge in [-0.3, -0.25) is 0 Å². The predicted molar refractivity (Wildman–Crippen MR) is 85.1 cm³/mol. The molecule has 1 N–H and O–H groups in total. The molecule has 0 aromatic heterocycles. The van der Waals surface area contributed by atoms with Gasteiger partial charge in [-0.05, 0) is 42.9 Å². The summed E-state index contributed by atoms with van der Waals surface area (Å²) in [7, 11) is 1.34. The van der Waals surface area contributed by atoms with Gasteiger partial charge in [-0.2, -0.15) is 0 Å². The third-order valence-corrected chi connectivity index (χ3v) is 4.34. The van der Waals surface area contributed by atoms with E-state index in [-0.39, 0.29) is 13.0 Å². The second-order valence-electron chi connectivity index (χ2n) is 6.02. The number of carbonyl (C=O) groups is 1. The van der Waals surface area contributed by atoms with E-state index in [1.807, 2.05) is 13.0 Å². The molecule has 0 radical (unpaired) electrons. The van der Waals surface area contributed by atoms with Crippen LogP contribution in [0.3, 0.4) is 0 Å². The molecule has 0 amide bonds. The van der Waals surface area contributed by atoms with Crippen LogP contribution >= 0.6 is 0 Å². The third kappa shape index (κ3) is 4.23. The average Bonchev–Trinajstić information content (AvgIpc) is 2.54. The molecule has 0 spiro atoms. The highest BCUT2D eigenvalue weighted by Gasteiger charge is 2.25. The van der Waals surface area contributed by atoms with Gasteiger partial charge in [0.05, 0.1) is 7.11 Å². The van der Waals surface area contributed by atoms with E-state index < -0.39 is 12.1 Å². The molecular weight excluding hydrogens is 280 g/mol. The summed E-state index contributed by atoms with van der Waals surface area (Å²) in [5.41, 5.74) is 2.28. The number of hydrogen-bond acceptors (Lipinski definition) is 4. The molecule has 4 heteroatoms. The lowest BCUT2D eigenvalue weighted by atomic mass is 9.83. The minimum absolute atomic E-state index is 0.107. The molecule has 1 aromatic carbocycles. The minimum atomic E-state index is -0.751. The van der Waals surface area contributed by atoms with Gasteiger partial charge >= 0.3 is 5.97 Å². The molecule has 0 saturated heterocycles. The molecule has 2 rings (SSSR count). The standard InChI is InChI=1S/C18H26O4/c1-13-8-9-15(14-6-4-3-5-7-14)17(12-13)22-16(10-11-19)18(20)21-2/h8-9,12,14,16,19H,3-7,10-11H2,1-2H3. The zero-order chi connectivity index (χ0) is 15.9. The van der Waals surface area contributed by atoms with Crippen LogP contribution in [0.4, 0.5) is 0 Å². The van der Waals surface area contributed by atoms with Crippen LogP contribution in [0.1, 0.15) is 55.6 Å². The van der Waals surface area contributed by atoms with Gasteiger partial charge in [0.2, 0.25) is 0 Å². The second kappa shape index (κ2) is 8.18. The lowest BCUT2D eigenvalue weighted by molar-refractivity contribution is -0.149. The first-order valence-corrected chi connectivity index (χ1v) is 8.11. The second-order valence-corrected chi connectivity index (χ2v) is 6.02. The molecule has 1 aliphatic rings. The highest BCUT2D eigenvalue weighted by Crippen LogP contribution is 2.38. The van der Waals surface area contributed by atoms with E-state index >= 15 is 0 Å². The van der Waals surface area contributed by atoms with Crippen LogP contribution in [0, 0.1) is 6.92 Å². The van der Waals surface area contributed by atoms with Gasteiger partial charge in [0.1, 0.15) is 5.75 Å². The van der Waals surface area contributed by atoms with Crippen LogP contribution in [0.5, 0.6) is 5.75 Å².